The third kappa shape index (κ3) is 4.33. The Kier molecular flexibility index (Phi) is 5.48. The molecule has 4 rings (SSSR count). The van der Waals surface area contributed by atoms with Crippen molar-refractivity contribution in [1.29, 1.82) is 5.26 Å². The Balaban J connectivity index is 1.59. The van der Waals surface area contributed by atoms with Crippen LogP contribution in [0.5, 0.6) is 0 Å². The highest BCUT2D eigenvalue weighted by atomic mass is 19.3. The number of carbonyl (C=O) groups excluding carboxylic acids is 1. The summed E-state index contributed by atoms with van der Waals surface area (Å²) in [4.78, 5) is 20.3. The molecule has 2 heterocycles. The predicted molar refractivity (Wildman–Crippen MR) is 105 cm³/mol. The van der Waals surface area contributed by atoms with Crippen molar-refractivity contribution in [3.8, 4) is 17.3 Å². The summed E-state index contributed by atoms with van der Waals surface area (Å²) in [6.45, 7) is 0. The quantitative estimate of drug-likeness (QED) is 0.536. The minimum atomic E-state index is -2.75. The fraction of sp³-hybridized carbons (Fsp3) is 0.286. The van der Waals surface area contributed by atoms with E-state index < -0.39 is 6.43 Å². The number of anilines is 2. The summed E-state index contributed by atoms with van der Waals surface area (Å²) in [5.41, 5.74) is 1.34. The number of hydrogen-bond acceptors (Lipinski definition) is 6. The zero-order chi connectivity index (χ0) is 21.1. The minimum Gasteiger partial charge on any atom is -0.321 e. The van der Waals surface area contributed by atoms with Crippen LogP contribution < -0.4 is 5.32 Å². The van der Waals surface area contributed by atoms with Gasteiger partial charge in [-0.25, -0.2) is 18.7 Å². The molecule has 1 fully saturated rings. The van der Waals surface area contributed by atoms with E-state index in [2.05, 4.69) is 20.4 Å². The number of ketones is 1. The van der Waals surface area contributed by atoms with Gasteiger partial charge in [-0.15, -0.1) is 0 Å². The van der Waals surface area contributed by atoms with E-state index in [0.29, 0.717) is 22.9 Å². The Morgan fingerprint density at radius 2 is 2.03 bits per heavy atom. The van der Waals surface area contributed by atoms with Gasteiger partial charge in [0, 0.05) is 36.4 Å². The molecule has 0 radical (unpaired) electrons. The lowest BCUT2D eigenvalue weighted by molar-refractivity contribution is 0.0984. The zero-order valence-electron chi connectivity index (χ0n) is 15.9. The van der Waals surface area contributed by atoms with Gasteiger partial charge >= 0.3 is 0 Å². The largest absolute Gasteiger partial charge is 0.321 e. The predicted octanol–water partition coefficient (Wildman–Crippen LogP) is 4.84. The molecule has 9 heteroatoms. The van der Waals surface area contributed by atoms with Crippen LogP contribution in [0.3, 0.4) is 0 Å². The lowest BCUT2D eigenvalue weighted by atomic mass is 10.0. The summed E-state index contributed by atoms with van der Waals surface area (Å²) >= 11 is 0. The molecule has 0 bridgehead atoms. The van der Waals surface area contributed by atoms with Gasteiger partial charge in [-0.2, -0.15) is 10.4 Å². The Hall–Kier alpha value is -3.67. The van der Waals surface area contributed by atoms with Crippen molar-refractivity contribution in [3.63, 3.8) is 0 Å². The van der Waals surface area contributed by atoms with Crippen LogP contribution in [0.25, 0.3) is 11.3 Å². The minimum absolute atomic E-state index is 0.0908. The van der Waals surface area contributed by atoms with Crippen molar-refractivity contribution < 1.29 is 13.6 Å². The van der Waals surface area contributed by atoms with Crippen LogP contribution in [-0.2, 0) is 0 Å². The fourth-order valence-electron chi connectivity index (χ4n) is 3.04. The van der Waals surface area contributed by atoms with Crippen LogP contribution in [0.1, 0.15) is 54.1 Å². The molecule has 1 saturated carbocycles. The van der Waals surface area contributed by atoms with Gasteiger partial charge in [0.05, 0.1) is 35.3 Å². The van der Waals surface area contributed by atoms with Crippen LogP contribution in [0.4, 0.5) is 20.4 Å². The monoisotopic (exact) mass is 408 g/mol. The lowest BCUT2D eigenvalue weighted by Crippen LogP contribution is -2.03. The maximum Gasteiger partial charge on any atom is 0.267 e. The number of halogens is 2. The first-order valence-electron chi connectivity index (χ1n) is 9.52. The number of nitrogens with zero attached hydrogens (tertiary/aromatic N) is 5. The molecule has 0 saturated heterocycles. The first-order chi connectivity index (χ1) is 14.5. The highest BCUT2D eigenvalue weighted by Gasteiger charge is 2.24. The molecule has 1 N–H and O–H groups in total. The van der Waals surface area contributed by atoms with E-state index in [1.54, 1.807) is 30.5 Å². The summed E-state index contributed by atoms with van der Waals surface area (Å²) < 4.78 is 28.9. The fourth-order valence-corrected chi connectivity index (χ4v) is 3.04. The molecular formula is C21H18F2N6O. The highest BCUT2D eigenvalue weighted by Crippen LogP contribution is 2.35. The van der Waals surface area contributed by atoms with E-state index in [1.165, 1.54) is 0 Å². The van der Waals surface area contributed by atoms with Crippen molar-refractivity contribution >= 4 is 17.4 Å². The van der Waals surface area contributed by atoms with Crippen LogP contribution in [0, 0.1) is 11.3 Å². The third-order valence-corrected chi connectivity index (χ3v) is 4.77. The summed E-state index contributed by atoms with van der Waals surface area (Å²) in [5.74, 6) is 0.00817. The number of carbonyl (C=O) groups is 1. The van der Waals surface area contributed by atoms with Gasteiger partial charge in [-0.05, 0) is 12.8 Å². The van der Waals surface area contributed by atoms with E-state index in [-0.39, 0.29) is 35.8 Å². The topological polar surface area (TPSA) is 96.5 Å². The van der Waals surface area contributed by atoms with Gasteiger partial charge in [-0.3, -0.25) is 9.48 Å². The number of alkyl halides is 2. The molecule has 0 atom stereocenters. The molecule has 1 aliphatic rings. The average Bonchev–Trinajstić information content (AvgIpc) is 3.51. The number of nitriles is 1. The number of hydrogen-bond donors (Lipinski definition) is 1. The number of benzene rings is 1. The molecule has 152 valence electrons. The zero-order valence-corrected chi connectivity index (χ0v) is 15.9. The average molecular weight is 408 g/mol. The standard InChI is InChI=1S/C21H18F2N6O/c22-20(23)17-11-25-21(27-15-10-26-29(12-15)16-7-8-16)28-19(17)14-5-3-13(4-6-14)18(30)2-1-9-24/h3-6,10-12,16,20H,1-2,7-8H2,(H,25,27,28). The van der Waals surface area contributed by atoms with E-state index in [0.717, 1.165) is 19.0 Å². The van der Waals surface area contributed by atoms with Crippen LogP contribution >= 0.6 is 0 Å². The molecule has 30 heavy (non-hydrogen) atoms. The molecule has 0 amide bonds. The summed E-state index contributed by atoms with van der Waals surface area (Å²) in [7, 11) is 0. The van der Waals surface area contributed by atoms with E-state index in [1.807, 2.05) is 16.9 Å². The SMILES string of the molecule is N#CCCC(=O)c1ccc(-c2nc(Nc3cnn(C4CC4)c3)ncc2C(F)F)cc1. The van der Waals surface area contributed by atoms with Gasteiger partial charge in [-0.1, -0.05) is 24.3 Å². The Bertz CT molecular complexity index is 1100. The van der Waals surface area contributed by atoms with Crippen molar-refractivity contribution in [2.75, 3.05) is 5.32 Å². The first-order valence-corrected chi connectivity index (χ1v) is 9.52. The van der Waals surface area contributed by atoms with Gasteiger partial charge in [0.1, 0.15) is 0 Å². The molecule has 0 aliphatic heterocycles. The summed E-state index contributed by atoms with van der Waals surface area (Å²) in [5, 5.41) is 15.9. The Morgan fingerprint density at radius 1 is 1.27 bits per heavy atom. The van der Waals surface area contributed by atoms with Gasteiger partial charge in [0.15, 0.2) is 5.78 Å². The number of nitrogens with one attached hydrogen (secondary N) is 1. The van der Waals surface area contributed by atoms with Gasteiger partial charge < -0.3 is 5.32 Å². The maximum absolute atomic E-state index is 13.5. The highest BCUT2D eigenvalue weighted by molar-refractivity contribution is 5.96. The first kappa shape index (κ1) is 19.6. The summed E-state index contributed by atoms with van der Waals surface area (Å²) in [6, 6.07) is 8.61. The normalized spacial score (nSPS) is 13.3. The van der Waals surface area contributed by atoms with Crippen LogP contribution in [0.15, 0.2) is 42.9 Å². The van der Waals surface area contributed by atoms with Crippen molar-refractivity contribution in [1.82, 2.24) is 19.7 Å². The van der Waals surface area contributed by atoms with Gasteiger partial charge in [0.25, 0.3) is 6.43 Å². The maximum atomic E-state index is 13.5. The van der Waals surface area contributed by atoms with Gasteiger partial charge in [0.2, 0.25) is 5.95 Å². The second-order valence-corrected chi connectivity index (χ2v) is 7.02. The molecule has 2 aromatic heterocycles. The second kappa shape index (κ2) is 8.37. The molecule has 3 aromatic rings. The smallest absolute Gasteiger partial charge is 0.267 e. The molecule has 0 unspecified atom stereocenters. The molecular weight excluding hydrogens is 390 g/mol. The van der Waals surface area contributed by atoms with E-state index >= 15 is 0 Å². The van der Waals surface area contributed by atoms with Crippen LogP contribution in [-0.4, -0.2) is 25.5 Å². The molecule has 0 spiro atoms. The number of rotatable bonds is 8. The second-order valence-electron chi connectivity index (χ2n) is 7.02. The Morgan fingerprint density at radius 3 is 2.70 bits per heavy atom. The third-order valence-electron chi connectivity index (χ3n) is 4.77. The van der Waals surface area contributed by atoms with Crippen molar-refractivity contribution in [2.24, 2.45) is 0 Å². The van der Waals surface area contributed by atoms with Crippen LogP contribution in [0.2, 0.25) is 0 Å². The Labute approximate surface area is 171 Å². The van der Waals surface area contributed by atoms with E-state index in [9.17, 15) is 13.6 Å². The number of aromatic nitrogens is 4. The molecule has 7 nitrogen and oxygen atoms in total. The number of Topliss-reactive ketones (excluding diaryl/α,β-unsaturated/α-hetero) is 1. The molecule has 1 aliphatic carbocycles. The lowest BCUT2D eigenvalue weighted by Gasteiger charge is -2.11. The molecule has 1 aromatic carbocycles. The van der Waals surface area contributed by atoms with Crippen molar-refractivity contribution in [2.45, 2.75) is 38.2 Å². The van der Waals surface area contributed by atoms with E-state index in [4.69, 9.17) is 5.26 Å². The van der Waals surface area contributed by atoms with Crippen molar-refractivity contribution in [3.05, 3.63) is 54.0 Å². The summed E-state index contributed by atoms with van der Waals surface area (Å²) in [6.07, 6.45) is 4.28.